The minimum atomic E-state index is -0.540. The highest BCUT2D eigenvalue weighted by Crippen LogP contribution is 2.04. The van der Waals surface area contributed by atoms with E-state index in [1.165, 1.54) is 7.11 Å². The van der Waals surface area contributed by atoms with Gasteiger partial charge >= 0.3 is 5.97 Å². The number of esters is 1. The van der Waals surface area contributed by atoms with E-state index in [0.29, 0.717) is 0 Å². The second kappa shape index (κ2) is 5.59. The monoisotopic (exact) mass is 202 g/mol. The molecule has 82 valence electrons. The lowest BCUT2D eigenvalue weighted by molar-refractivity contribution is -0.144. The van der Waals surface area contributed by atoms with Gasteiger partial charge in [-0.05, 0) is 12.8 Å². The van der Waals surface area contributed by atoms with E-state index in [1.807, 2.05) is 13.8 Å². The zero-order chi connectivity index (χ0) is 11.3. The Bertz CT molecular complexity index is 216. The van der Waals surface area contributed by atoms with E-state index in [2.05, 4.69) is 10.1 Å². The summed E-state index contributed by atoms with van der Waals surface area (Å²) in [5, 5.41) is 2.82. The van der Waals surface area contributed by atoms with Crippen LogP contribution in [-0.4, -0.2) is 31.1 Å². The number of hydrogen-bond acceptors (Lipinski definition) is 4. The third-order valence-electron chi connectivity index (χ3n) is 1.98. The number of hydrogen-bond donors (Lipinski definition) is 2. The van der Waals surface area contributed by atoms with Gasteiger partial charge in [0.25, 0.3) is 0 Å². The normalized spacial score (nSPS) is 14.9. The van der Waals surface area contributed by atoms with Crippen molar-refractivity contribution in [2.24, 2.45) is 11.7 Å². The average Bonchev–Trinajstić information content (AvgIpc) is 2.11. The van der Waals surface area contributed by atoms with Gasteiger partial charge in [0.1, 0.15) is 6.04 Å². The first kappa shape index (κ1) is 12.9. The van der Waals surface area contributed by atoms with Crippen molar-refractivity contribution in [2.45, 2.75) is 32.9 Å². The van der Waals surface area contributed by atoms with Gasteiger partial charge in [0.2, 0.25) is 5.91 Å². The summed E-state index contributed by atoms with van der Waals surface area (Å²) in [7, 11) is 1.31. The molecule has 0 aromatic heterocycles. The molecule has 0 spiro atoms. The smallest absolute Gasteiger partial charge is 0.323 e. The van der Waals surface area contributed by atoms with Crippen LogP contribution in [0.2, 0.25) is 0 Å². The average molecular weight is 202 g/mol. The van der Waals surface area contributed by atoms with E-state index >= 15 is 0 Å². The standard InChI is InChI=1S/C9H18N2O3/c1-5(2)7(9(13)14-4)11-6(3)8(10)12/h5-7,11H,1-4H3,(H2,10,12). The molecule has 2 unspecified atom stereocenters. The largest absolute Gasteiger partial charge is 0.468 e. The number of carbonyl (C=O) groups excluding carboxylic acids is 2. The Hall–Kier alpha value is -1.10. The maximum atomic E-state index is 11.3. The molecule has 0 aromatic carbocycles. The molecule has 0 aliphatic heterocycles. The van der Waals surface area contributed by atoms with Crippen molar-refractivity contribution in [1.82, 2.24) is 5.32 Å². The molecule has 0 aliphatic rings. The van der Waals surface area contributed by atoms with E-state index in [0.717, 1.165) is 0 Å². The van der Waals surface area contributed by atoms with Crippen molar-refractivity contribution in [3.8, 4) is 0 Å². The van der Waals surface area contributed by atoms with Gasteiger partial charge in [-0.15, -0.1) is 0 Å². The van der Waals surface area contributed by atoms with Crippen LogP contribution in [0.4, 0.5) is 0 Å². The van der Waals surface area contributed by atoms with Crippen LogP contribution >= 0.6 is 0 Å². The molecule has 3 N–H and O–H groups in total. The molecule has 0 fully saturated rings. The number of primary amides is 1. The third kappa shape index (κ3) is 3.74. The quantitative estimate of drug-likeness (QED) is 0.597. The van der Waals surface area contributed by atoms with Crippen LogP contribution in [0.3, 0.4) is 0 Å². The van der Waals surface area contributed by atoms with Crippen LogP contribution in [-0.2, 0) is 14.3 Å². The van der Waals surface area contributed by atoms with Gasteiger partial charge < -0.3 is 10.5 Å². The van der Waals surface area contributed by atoms with Crippen LogP contribution in [0.15, 0.2) is 0 Å². The lowest BCUT2D eigenvalue weighted by Gasteiger charge is -2.22. The van der Waals surface area contributed by atoms with Crippen LogP contribution in [0.1, 0.15) is 20.8 Å². The first-order valence-corrected chi connectivity index (χ1v) is 4.53. The van der Waals surface area contributed by atoms with Crippen LogP contribution < -0.4 is 11.1 Å². The van der Waals surface area contributed by atoms with E-state index < -0.39 is 18.0 Å². The molecule has 5 heteroatoms. The van der Waals surface area contributed by atoms with Crippen LogP contribution in [0.5, 0.6) is 0 Å². The van der Waals surface area contributed by atoms with E-state index in [9.17, 15) is 9.59 Å². The van der Waals surface area contributed by atoms with Crippen molar-refractivity contribution >= 4 is 11.9 Å². The van der Waals surface area contributed by atoms with Gasteiger partial charge in [-0.1, -0.05) is 13.8 Å². The number of methoxy groups -OCH3 is 1. The highest BCUT2D eigenvalue weighted by atomic mass is 16.5. The Kier molecular flexibility index (Phi) is 5.15. The van der Waals surface area contributed by atoms with Crippen molar-refractivity contribution in [2.75, 3.05) is 7.11 Å². The molecule has 0 aromatic rings. The molecule has 5 nitrogen and oxygen atoms in total. The molecule has 14 heavy (non-hydrogen) atoms. The molecule has 0 saturated heterocycles. The number of carbonyl (C=O) groups is 2. The fraction of sp³-hybridized carbons (Fsp3) is 0.778. The zero-order valence-electron chi connectivity index (χ0n) is 9.03. The van der Waals surface area contributed by atoms with Crippen molar-refractivity contribution in [1.29, 1.82) is 0 Å². The third-order valence-corrected chi connectivity index (χ3v) is 1.98. The second-order valence-electron chi connectivity index (χ2n) is 3.54. The summed E-state index contributed by atoms with van der Waals surface area (Å²) < 4.78 is 4.60. The SMILES string of the molecule is COC(=O)C(NC(C)C(N)=O)C(C)C. The van der Waals surface area contributed by atoms with Gasteiger partial charge in [-0.3, -0.25) is 14.9 Å². The van der Waals surface area contributed by atoms with Gasteiger partial charge in [-0.25, -0.2) is 0 Å². The summed E-state index contributed by atoms with van der Waals surface area (Å²) in [5.41, 5.74) is 5.07. The molecule has 0 heterocycles. The molecule has 1 amide bonds. The molecular formula is C9H18N2O3. The van der Waals surface area contributed by atoms with Gasteiger partial charge in [-0.2, -0.15) is 0 Å². The molecule has 2 atom stereocenters. The Balaban J connectivity index is 4.38. The molecule has 0 bridgehead atoms. The number of nitrogens with one attached hydrogen (secondary N) is 1. The predicted molar refractivity (Wildman–Crippen MR) is 52.4 cm³/mol. The molecule has 0 rings (SSSR count). The molecule has 0 radical (unpaired) electrons. The Morgan fingerprint density at radius 1 is 1.29 bits per heavy atom. The van der Waals surface area contributed by atoms with Gasteiger partial charge in [0, 0.05) is 0 Å². The molecular weight excluding hydrogens is 184 g/mol. The summed E-state index contributed by atoms with van der Waals surface area (Å²) in [6, 6.07) is -1.04. The van der Waals surface area contributed by atoms with Crippen molar-refractivity contribution in [3.63, 3.8) is 0 Å². The fourth-order valence-electron chi connectivity index (χ4n) is 1.01. The zero-order valence-corrected chi connectivity index (χ0v) is 9.03. The first-order chi connectivity index (χ1) is 6.40. The maximum absolute atomic E-state index is 11.3. The van der Waals surface area contributed by atoms with E-state index in [-0.39, 0.29) is 11.9 Å². The minimum absolute atomic E-state index is 0.0456. The van der Waals surface area contributed by atoms with Crippen LogP contribution in [0, 0.1) is 5.92 Å². The van der Waals surface area contributed by atoms with Crippen LogP contribution in [0.25, 0.3) is 0 Å². The second-order valence-corrected chi connectivity index (χ2v) is 3.54. The van der Waals surface area contributed by atoms with E-state index in [1.54, 1.807) is 6.92 Å². The Labute approximate surface area is 84.0 Å². The molecule has 0 saturated carbocycles. The summed E-state index contributed by atoms with van der Waals surface area (Å²) in [6.45, 7) is 5.34. The topological polar surface area (TPSA) is 81.4 Å². The lowest BCUT2D eigenvalue weighted by atomic mass is 10.0. The first-order valence-electron chi connectivity index (χ1n) is 4.53. The van der Waals surface area contributed by atoms with E-state index in [4.69, 9.17) is 5.73 Å². The van der Waals surface area contributed by atoms with Gasteiger partial charge in [0.15, 0.2) is 0 Å². The lowest BCUT2D eigenvalue weighted by Crippen LogP contribution is -2.50. The summed E-state index contributed by atoms with van der Waals surface area (Å²) in [6.07, 6.45) is 0. The molecule has 0 aliphatic carbocycles. The van der Waals surface area contributed by atoms with Gasteiger partial charge in [0.05, 0.1) is 13.2 Å². The summed E-state index contributed by atoms with van der Waals surface area (Å²) in [5.74, 6) is -0.822. The number of ether oxygens (including phenoxy) is 1. The maximum Gasteiger partial charge on any atom is 0.323 e. The highest BCUT2D eigenvalue weighted by molar-refractivity contribution is 5.81. The van der Waals surface area contributed by atoms with Crippen molar-refractivity contribution in [3.05, 3.63) is 0 Å². The number of amides is 1. The Morgan fingerprint density at radius 2 is 1.79 bits per heavy atom. The summed E-state index contributed by atoms with van der Waals surface area (Å²) in [4.78, 5) is 22.1. The summed E-state index contributed by atoms with van der Waals surface area (Å²) >= 11 is 0. The predicted octanol–water partition coefficient (Wildman–Crippen LogP) is -0.353. The fourth-order valence-corrected chi connectivity index (χ4v) is 1.01. The number of rotatable bonds is 5. The van der Waals surface area contributed by atoms with Crippen molar-refractivity contribution < 1.29 is 14.3 Å². The Morgan fingerprint density at radius 3 is 2.07 bits per heavy atom. The minimum Gasteiger partial charge on any atom is -0.468 e. The number of nitrogens with two attached hydrogens (primary N) is 1. The highest BCUT2D eigenvalue weighted by Gasteiger charge is 2.25.